The molecule has 0 spiro atoms. The van der Waals surface area contributed by atoms with Crippen molar-refractivity contribution in [3.05, 3.63) is 24.0 Å². The summed E-state index contributed by atoms with van der Waals surface area (Å²) in [5, 5.41) is 5.97. The minimum Gasteiger partial charge on any atom is -0.384 e. The summed E-state index contributed by atoms with van der Waals surface area (Å²) < 4.78 is 5.39. The van der Waals surface area contributed by atoms with Crippen LogP contribution >= 0.6 is 0 Å². The zero-order valence-electron chi connectivity index (χ0n) is 11.5. The molecule has 1 aliphatic rings. The molecule has 0 atom stereocenters. The first-order valence-corrected chi connectivity index (χ1v) is 6.63. The highest BCUT2D eigenvalue weighted by molar-refractivity contribution is 5.92. The second kappa shape index (κ2) is 6.02. The van der Waals surface area contributed by atoms with Gasteiger partial charge in [-0.25, -0.2) is 0 Å². The molecule has 0 unspecified atom stereocenters. The monoisotopic (exact) mass is 263 g/mol. The number of rotatable bonds is 4. The third-order valence-corrected chi connectivity index (χ3v) is 3.64. The van der Waals surface area contributed by atoms with Crippen molar-refractivity contribution in [2.24, 2.45) is 5.41 Å². The van der Waals surface area contributed by atoms with Crippen LogP contribution in [-0.2, 0) is 4.74 Å². The molecule has 104 valence electrons. The molecule has 0 bridgehead atoms. The molecule has 0 aromatic carbocycles. The maximum Gasteiger partial charge on any atom is 0.269 e. The first-order valence-electron chi connectivity index (χ1n) is 6.63. The van der Waals surface area contributed by atoms with E-state index < -0.39 is 0 Å². The largest absolute Gasteiger partial charge is 0.384 e. The average molecular weight is 263 g/mol. The second-order valence-corrected chi connectivity index (χ2v) is 5.29. The van der Waals surface area contributed by atoms with E-state index in [9.17, 15) is 4.79 Å². The molecule has 2 N–H and O–H groups in total. The molecule has 2 heterocycles. The Labute approximate surface area is 113 Å². The van der Waals surface area contributed by atoms with Crippen molar-refractivity contribution in [2.45, 2.75) is 19.8 Å². The number of carbonyl (C=O) groups excluding carboxylic acids is 1. The van der Waals surface area contributed by atoms with Crippen LogP contribution in [0.4, 0.5) is 5.69 Å². The molecule has 1 amide bonds. The van der Waals surface area contributed by atoms with Crippen molar-refractivity contribution in [1.29, 1.82) is 0 Å². The normalized spacial score (nSPS) is 17.8. The number of anilines is 1. The number of nitrogens with zero attached hydrogens (tertiary/aromatic N) is 1. The summed E-state index contributed by atoms with van der Waals surface area (Å²) in [4.78, 5) is 15.6. The fraction of sp³-hybridized carbons (Fsp3) is 0.571. The van der Waals surface area contributed by atoms with Gasteiger partial charge >= 0.3 is 0 Å². The van der Waals surface area contributed by atoms with Crippen LogP contribution in [0, 0.1) is 5.41 Å². The van der Waals surface area contributed by atoms with Crippen molar-refractivity contribution in [2.75, 3.05) is 32.1 Å². The number of aromatic nitrogens is 1. The fourth-order valence-corrected chi connectivity index (χ4v) is 2.15. The van der Waals surface area contributed by atoms with E-state index in [2.05, 4.69) is 22.5 Å². The number of nitrogens with one attached hydrogen (secondary N) is 2. The Morgan fingerprint density at radius 2 is 2.21 bits per heavy atom. The third kappa shape index (κ3) is 3.67. The van der Waals surface area contributed by atoms with Crippen molar-refractivity contribution in [3.63, 3.8) is 0 Å². The van der Waals surface area contributed by atoms with Gasteiger partial charge in [-0.3, -0.25) is 9.78 Å². The van der Waals surface area contributed by atoms with E-state index >= 15 is 0 Å². The number of carbonyl (C=O) groups is 1. The highest BCUT2D eigenvalue weighted by Gasteiger charge is 2.26. The summed E-state index contributed by atoms with van der Waals surface area (Å²) in [6.45, 7) is 4.81. The van der Waals surface area contributed by atoms with E-state index in [1.54, 1.807) is 19.3 Å². The lowest BCUT2D eigenvalue weighted by molar-refractivity contribution is 0.0300. The zero-order valence-corrected chi connectivity index (χ0v) is 11.5. The molecule has 1 aromatic heterocycles. The van der Waals surface area contributed by atoms with Gasteiger partial charge in [0.1, 0.15) is 5.69 Å². The lowest BCUT2D eigenvalue weighted by Crippen LogP contribution is -2.33. The molecule has 0 radical (unpaired) electrons. The van der Waals surface area contributed by atoms with Crippen LogP contribution in [0.15, 0.2) is 18.3 Å². The van der Waals surface area contributed by atoms with Crippen LogP contribution < -0.4 is 10.6 Å². The van der Waals surface area contributed by atoms with E-state index in [-0.39, 0.29) is 11.3 Å². The van der Waals surface area contributed by atoms with Gasteiger partial charge in [-0.2, -0.15) is 0 Å². The zero-order chi connectivity index (χ0) is 13.7. The smallest absolute Gasteiger partial charge is 0.269 e. The molecular formula is C14H21N3O2. The van der Waals surface area contributed by atoms with Crippen molar-refractivity contribution >= 4 is 11.6 Å². The Balaban J connectivity index is 1.97. The Hall–Kier alpha value is -1.62. The van der Waals surface area contributed by atoms with Crippen LogP contribution in [0.25, 0.3) is 0 Å². The number of ether oxygens (including phenoxy) is 1. The standard InChI is InChI=1S/C14H21N3O2/c1-14(4-7-19-8-5-14)10-17-11-3-6-16-12(9-11)13(18)15-2/h3,6,9H,4-5,7-8,10H2,1-2H3,(H,15,18)(H,16,17). The van der Waals surface area contributed by atoms with Gasteiger partial charge in [0.15, 0.2) is 0 Å². The fourth-order valence-electron chi connectivity index (χ4n) is 2.15. The van der Waals surface area contributed by atoms with E-state index in [1.165, 1.54) is 0 Å². The summed E-state index contributed by atoms with van der Waals surface area (Å²) in [6, 6.07) is 3.66. The maximum atomic E-state index is 11.5. The lowest BCUT2D eigenvalue weighted by atomic mass is 9.82. The molecule has 1 fully saturated rings. The summed E-state index contributed by atoms with van der Waals surface area (Å²) in [6.07, 6.45) is 3.78. The molecule has 19 heavy (non-hydrogen) atoms. The van der Waals surface area contributed by atoms with Crippen molar-refractivity contribution in [1.82, 2.24) is 10.3 Å². The number of amides is 1. The first-order chi connectivity index (χ1) is 9.13. The van der Waals surface area contributed by atoms with E-state index in [0.29, 0.717) is 5.69 Å². The van der Waals surface area contributed by atoms with E-state index in [1.807, 2.05) is 6.07 Å². The first kappa shape index (κ1) is 13.8. The SMILES string of the molecule is CNC(=O)c1cc(NCC2(C)CCOCC2)ccn1. The van der Waals surface area contributed by atoms with Crippen LogP contribution in [-0.4, -0.2) is 37.7 Å². The molecule has 2 rings (SSSR count). The maximum absolute atomic E-state index is 11.5. The summed E-state index contributed by atoms with van der Waals surface area (Å²) in [5.41, 5.74) is 1.63. The molecule has 0 saturated carbocycles. The van der Waals surface area contributed by atoms with E-state index in [4.69, 9.17) is 4.74 Å². The second-order valence-electron chi connectivity index (χ2n) is 5.29. The van der Waals surface area contributed by atoms with Gasteiger partial charge in [0.05, 0.1) is 0 Å². The molecular weight excluding hydrogens is 242 g/mol. The Morgan fingerprint density at radius 3 is 2.89 bits per heavy atom. The highest BCUT2D eigenvalue weighted by Crippen LogP contribution is 2.29. The third-order valence-electron chi connectivity index (χ3n) is 3.64. The molecule has 5 nitrogen and oxygen atoms in total. The minimum atomic E-state index is -0.166. The number of pyridine rings is 1. The number of hydrogen-bond acceptors (Lipinski definition) is 4. The van der Waals surface area contributed by atoms with Crippen LogP contribution in [0.2, 0.25) is 0 Å². The van der Waals surface area contributed by atoms with Gasteiger partial charge in [0.25, 0.3) is 5.91 Å². The minimum absolute atomic E-state index is 0.166. The predicted octanol–water partition coefficient (Wildman–Crippen LogP) is 1.67. The quantitative estimate of drug-likeness (QED) is 0.867. The molecule has 0 aliphatic carbocycles. The molecule has 1 aliphatic heterocycles. The van der Waals surface area contributed by atoms with E-state index in [0.717, 1.165) is 38.3 Å². The lowest BCUT2D eigenvalue weighted by Gasteiger charge is -2.33. The summed E-state index contributed by atoms with van der Waals surface area (Å²) in [7, 11) is 1.60. The van der Waals surface area contributed by atoms with Crippen LogP contribution in [0.1, 0.15) is 30.3 Å². The number of hydrogen-bond donors (Lipinski definition) is 2. The van der Waals surface area contributed by atoms with Crippen LogP contribution in [0.5, 0.6) is 0 Å². The molecule has 1 aromatic rings. The Kier molecular flexibility index (Phi) is 4.37. The molecule has 5 heteroatoms. The highest BCUT2D eigenvalue weighted by atomic mass is 16.5. The topological polar surface area (TPSA) is 63.2 Å². The average Bonchev–Trinajstić information content (AvgIpc) is 2.45. The Morgan fingerprint density at radius 1 is 1.47 bits per heavy atom. The van der Waals surface area contributed by atoms with Crippen molar-refractivity contribution < 1.29 is 9.53 Å². The Bertz CT molecular complexity index is 442. The van der Waals surface area contributed by atoms with Crippen LogP contribution in [0.3, 0.4) is 0 Å². The summed E-state index contributed by atoms with van der Waals surface area (Å²) in [5.74, 6) is -0.166. The van der Waals surface area contributed by atoms with Gasteiger partial charge in [0.2, 0.25) is 0 Å². The van der Waals surface area contributed by atoms with Gasteiger partial charge in [0, 0.05) is 38.7 Å². The van der Waals surface area contributed by atoms with Gasteiger partial charge < -0.3 is 15.4 Å². The van der Waals surface area contributed by atoms with Gasteiger partial charge in [-0.15, -0.1) is 0 Å². The predicted molar refractivity (Wildman–Crippen MR) is 74.3 cm³/mol. The van der Waals surface area contributed by atoms with Crippen molar-refractivity contribution in [3.8, 4) is 0 Å². The van der Waals surface area contributed by atoms with Gasteiger partial charge in [-0.05, 0) is 30.4 Å². The summed E-state index contributed by atoms with van der Waals surface area (Å²) >= 11 is 0. The molecule has 1 saturated heterocycles. The van der Waals surface area contributed by atoms with Gasteiger partial charge in [-0.1, -0.05) is 6.92 Å².